The number of hydrogen-bond acceptors (Lipinski definition) is 3. The molecule has 1 N–H and O–H groups in total. The summed E-state index contributed by atoms with van der Waals surface area (Å²) in [7, 11) is 0. The van der Waals surface area contributed by atoms with Gasteiger partial charge in [0.1, 0.15) is 0 Å². The summed E-state index contributed by atoms with van der Waals surface area (Å²) in [5.74, 6) is 1.17. The summed E-state index contributed by atoms with van der Waals surface area (Å²) in [5.41, 5.74) is 0. The van der Waals surface area contributed by atoms with Crippen LogP contribution in [0.5, 0.6) is 0 Å². The molecule has 1 atom stereocenters. The van der Waals surface area contributed by atoms with Gasteiger partial charge in [0, 0.05) is 28.0 Å². The molecule has 1 unspecified atom stereocenters. The van der Waals surface area contributed by atoms with Gasteiger partial charge in [-0.05, 0) is 35.0 Å². The first-order valence-electron chi connectivity index (χ1n) is 5.51. The number of thioether (sulfide) groups is 1. The fourth-order valence-corrected chi connectivity index (χ4v) is 3.58. The van der Waals surface area contributed by atoms with Crippen molar-refractivity contribution in [2.75, 3.05) is 12.3 Å². The van der Waals surface area contributed by atoms with Crippen LogP contribution in [0.4, 0.5) is 0 Å². The van der Waals surface area contributed by atoms with E-state index in [-0.39, 0.29) is 0 Å². The van der Waals surface area contributed by atoms with E-state index in [1.165, 1.54) is 14.4 Å². The van der Waals surface area contributed by atoms with E-state index in [1.54, 1.807) is 11.3 Å². The lowest BCUT2D eigenvalue weighted by molar-refractivity contribution is 0.609. The standard InChI is InChI=1S/C12H20BrNS2/c1-9(10-5-6-11(13)16-10)14-7-8-15-12(2,3)4/h5-6,9,14H,7-8H2,1-4H3. The van der Waals surface area contributed by atoms with Crippen molar-refractivity contribution in [3.63, 3.8) is 0 Å². The van der Waals surface area contributed by atoms with Crippen LogP contribution in [-0.2, 0) is 0 Å². The molecule has 0 radical (unpaired) electrons. The predicted molar refractivity (Wildman–Crippen MR) is 80.6 cm³/mol. The van der Waals surface area contributed by atoms with Crippen LogP contribution in [0, 0.1) is 0 Å². The Morgan fingerprint density at radius 3 is 2.62 bits per heavy atom. The van der Waals surface area contributed by atoms with E-state index in [2.05, 4.69) is 61.1 Å². The van der Waals surface area contributed by atoms with Crippen LogP contribution in [0.3, 0.4) is 0 Å². The van der Waals surface area contributed by atoms with Crippen LogP contribution >= 0.6 is 39.0 Å². The van der Waals surface area contributed by atoms with Crippen LogP contribution in [0.25, 0.3) is 0 Å². The second kappa shape index (κ2) is 6.43. The summed E-state index contributed by atoms with van der Waals surface area (Å²) in [4.78, 5) is 1.40. The minimum absolute atomic E-state index is 0.372. The monoisotopic (exact) mass is 321 g/mol. The van der Waals surface area contributed by atoms with Gasteiger partial charge in [-0.25, -0.2) is 0 Å². The van der Waals surface area contributed by atoms with Gasteiger partial charge in [-0.3, -0.25) is 0 Å². The molecule has 0 spiro atoms. The van der Waals surface area contributed by atoms with E-state index in [4.69, 9.17) is 0 Å². The number of rotatable bonds is 5. The SMILES string of the molecule is CC(NCCSC(C)(C)C)c1ccc(Br)s1. The number of thiophene rings is 1. The zero-order chi connectivity index (χ0) is 12.2. The van der Waals surface area contributed by atoms with E-state index in [1.807, 2.05) is 11.8 Å². The van der Waals surface area contributed by atoms with Crippen LogP contribution in [0.1, 0.15) is 38.6 Å². The maximum Gasteiger partial charge on any atom is 0.0701 e. The normalized spacial score (nSPS) is 14.1. The van der Waals surface area contributed by atoms with Gasteiger partial charge in [-0.15, -0.1) is 11.3 Å². The highest BCUT2D eigenvalue weighted by atomic mass is 79.9. The molecule has 0 amide bonds. The van der Waals surface area contributed by atoms with E-state index >= 15 is 0 Å². The molecule has 0 saturated heterocycles. The molecule has 0 aliphatic carbocycles. The minimum atomic E-state index is 0.372. The summed E-state index contributed by atoms with van der Waals surface area (Å²) in [6.07, 6.45) is 0. The number of nitrogens with one attached hydrogen (secondary N) is 1. The summed E-state index contributed by atoms with van der Waals surface area (Å²) >= 11 is 7.31. The largest absolute Gasteiger partial charge is 0.309 e. The van der Waals surface area contributed by atoms with Gasteiger partial charge < -0.3 is 5.32 Å². The fraction of sp³-hybridized carbons (Fsp3) is 0.667. The summed E-state index contributed by atoms with van der Waals surface area (Å²) in [6, 6.07) is 4.75. The third kappa shape index (κ3) is 5.71. The fourth-order valence-electron chi connectivity index (χ4n) is 1.29. The molecule has 0 aliphatic rings. The molecule has 1 heterocycles. The highest BCUT2D eigenvalue weighted by molar-refractivity contribution is 9.11. The Balaban J connectivity index is 2.23. The third-order valence-electron chi connectivity index (χ3n) is 2.11. The van der Waals surface area contributed by atoms with Crippen LogP contribution in [0.2, 0.25) is 0 Å². The van der Waals surface area contributed by atoms with Crippen molar-refractivity contribution < 1.29 is 0 Å². The Kier molecular flexibility index (Phi) is 5.85. The molecule has 4 heteroatoms. The average Bonchev–Trinajstić information content (AvgIpc) is 2.57. The molecule has 92 valence electrons. The van der Waals surface area contributed by atoms with Gasteiger partial charge in [0.2, 0.25) is 0 Å². The van der Waals surface area contributed by atoms with Gasteiger partial charge >= 0.3 is 0 Å². The first kappa shape index (κ1) is 14.6. The van der Waals surface area contributed by atoms with Crippen LogP contribution in [0.15, 0.2) is 15.9 Å². The number of halogens is 1. The van der Waals surface area contributed by atoms with Crippen molar-refractivity contribution in [3.05, 3.63) is 20.8 Å². The van der Waals surface area contributed by atoms with Crippen molar-refractivity contribution in [2.45, 2.75) is 38.5 Å². The van der Waals surface area contributed by atoms with Gasteiger partial charge in [-0.2, -0.15) is 11.8 Å². The molecule has 16 heavy (non-hydrogen) atoms. The van der Waals surface area contributed by atoms with Crippen molar-refractivity contribution in [1.82, 2.24) is 5.32 Å². The minimum Gasteiger partial charge on any atom is -0.309 e. The zero-order valence-corrected chi connectivity index (χ0v) is 13.6. The molecule has 0 fully saturated rings. The lowest BCUT2D eigenvalue weighted by atomic mass is 10.3. The summed E-state index contributed by atoms with van der Waals surface area (Å²) < 4.78 is 1.58. The first-order chi connectivity index (χ1) is 7.38. The summed E-state index contributed by atoms with van der Waals surface area (Å²) in [5, 5.41) is 3.55. The molecule has 1 aromatic rings. The molecule has 0 saturated carbocycles. The van der Waals surface area contributed by atoms with Crippen LogP contribution in [-0.4, -0.2) is 17.0 Å². The first-order valence-corrected chi connectivity index (χ1v) is 8.10. The van der Waals surface area contributed by atoms with E-state index < -0.39 is 0 Å². The Bertz CT molecular complexity index is 317. The van der Waals surface area contributed by atoms with Crippen molar-refractivity contribution in [3.8, 4) is 0 Å². The molecule has 1 nitrogen and oxygen atoms in total. The summed E-state index contributed by atoms with van der Waals surface area (Å²) in [6.45, 7) is 10.1. The molecule has 0 aromatic carbocycles. The lowest BCUT2D eigenvalue weighted by Crippen LogP contribution is -2.22. The predicted octanol–water partition coefficient (Wildman–Crippen LogP) is 4.69. The van der Waals surface area contributed by atoms with Gasteiger partial charge in [-0.1, -0.05) is 20.8 Å². The zero-order valence-electron chi connectivity index (χ0n) is 10.3. The average molecular weight is 322 g/mol. The Hall–Kier alpha value is 0.490. The maximum atomic E-state index is 3.55. The van der Waals surface area contributed by atoms with Crippen LogP contribution < -0.4 is 5.32 Å². The van der Waals surface area contributed by atoms with Gasteiger partial charge in [0.25, 0.3) is 0 Å². The van der Waals surface area contributed by atoms with Crippen molar-refractivity contribution in [2.24, 2.45) is 0 Å². The van der Waals surface area contributed by atoms with Gasteiger partial charge in [0.15, 0.2) is 0 Å². The molecular weight excluding hydrogens is 302 g/mol. The Morgan fingerprint density at radius 2 is 2.12 bits per heavy atom. The molecule has 0 aliphatic heterocycles. The third-order valence-corrected chi connectivity index (χ3v) is 5.19. The second-order valence-electron chi connectivity index (χ2n) is 4.78. The molecular formula is C12H20BrNS2. The highest BCUT2D eigenvalue weighted by Crippen LogP contribution is 2.27. The smallest absolute Gasteiger partial charge is 0.0701 e. The molecule has 1 aromatic heterocycles. The Labute approximate surface area is 116 Å². The van der Waals surface area contributed by atoms with E-state index in [9.17, 15) is 0 Å². The van der Waals surface area contributed by atoms with Crippen molar-refractivity contribution >= 4 is 39.0 Å². The number of hydrogen-bond donors (Lipinski definition) is 1. The molecule has 0 bridgehead atoms. The van der Waals surface area contributed by atoms with E-state index in [0.717, 1.165) is 6.54 Å². The van der Waals surface area contributed by atoms with E-state index in [0.29, 0.717) is 10.8 Å². The molecule has 1 rings (SSSR count). The quantitative estimate of drug-likeness (QED) is 0.789. The lowest BCUT2D eigenvalue weighted by Gasteiger charge is -2.18. The second-order valence-corrected chi connectivity index (χ2v) is 9.19. The van der Waals surface area contributed by atoms with Crippen molar-refractivity contribution in [1.29, 1.82) is 0 Å². The Morgan fingerprint density at radius 1 is 1.44 bits per heavy atom. The highest BCUT2D eigenvalue weighted by Gasteiger charge is 2.11. The maximum absolute atomic E-state index is 3.55. The topological polar surface area (TPSA) is 12.0 Å². The van der Waals surface area contributed by atoms with Gasteiger partial charge in [0.05, 0.1) is 3.79 Å².